The van der Waals surface area contributed by atoms with Crippen LogP contribution in [0.4, 0.5) is 5.69 Å². The molecule has 2 rings (SSSR count). The zero-order valence-electron chi connectivity index (χ0n) is 10.2. The first-order chi connectivity index (χ1) is 8.09. The van der Waals surface area contributed by atoms with Gasteiger partial charge in [0.05, 0.1) is 10.5 Å². The normalized spacial score (nSPS) is 17.3. The highest BCUT2D eigenvalue weighted by molar-refractivity contribution is 5.45. The van der Waals surface area contributed by atoms with Crippen LogP contribution in [0.5, 0.6) is 0 Å². The van der Waals surface area contributed by atoms with E-state index in [0.29, 0.717) is 18.1 Å². The standard InChI is InChI=1S/C11H17N3O3/c1-8-10(7-13-5-3-12-4-6-13)11(14(15)16)9(2)17-8/h12H,3-7H2,1-2H3. The minimum atomic E-state index is -0.344. The summed E-state index contributed by atoms with van der Waals surface area (Å²) in [4.78, 5) is 12.9. The van der Waals surface area contributed by atoms with E-state index in [1.165, 1.54) is 0 Å². The summed E-state index contributed by atoms with van der Waals surface area (Å²) in [6, 6.07) is 0. The second kappa shape index (κ2) is 4.85. The van der Waals surface area contributed by atoms with E-state index in [-0.39, 0.29) is 10.6 Å². The Morgan fingerprint density at radius 2 is 2.00 bits per heavy atom. The number of nitrogens with one attached hydrogen (secondary N) is 1. The Balaban J connectivity index is 2.21. The van der Waals surface area contributed by atoms with Gasteiger partial charge in [-0.15, -0.1) is 0 Å². The zero-order chi connectivity index (χ0) is 12.4. The molecule has 0 aliphatic carbocycles. The van der Waals surface area contributed by atoms with Gasteiger partial charge in [-0.3, -0.25) is 15.0 Å². The van der Waals surface area contributed by atoms with Crippen molar-refractivity contribution in [1.29, 1.82) is 0 Å². The number of nitrogens with zero attached hydrogens (tertiary/aromatic N) is 2. The third-order valence-electron chi connectivity index (χ3n) is 3.12. The fraction of sp³-hybridized carbons (Fsp3) is 0.636. The van der Waals surface area contributed by atoms with Gasteiger partial charge in [0.25, 0.3) is 0 Å². The Morgan fingerprint density at radius 3 is 2.59 bits per heavy atom. The lowest BCUT2D eigenvalue weighted by Gasteiger charge is -2.26. The van der Waals surface area contributed by atoms with Crippen LogP contribution in [-0.4, -0.2) is 36.0 Å². The average Bonchev–Trinajstić information content (AvgIpc) is 2.55. The predicted molar refractivity (Wildman–Crippen MR) is 63.0 cm³/mol. The molecule has 0 aromatic carbocycles. The fourth-order valence-electron chi connectivity index (χ4n) is 2.24. The maximum Gasteiger partial charge on any atom is 0.314 e. The van der Waals surface area contributed by atoms with Crippen molar-refractivity contribution < 1.29 is 9.34 Å². The smallest absolute Gasteiger partial charge is 0.314 e. The summed E-state index contributed by atoms with van der Waals surface area (Å²) in [5, 5.41) is 14.3. The zero-order valence-corrected chi connectivity index (χ0v) is 10.2. The quantitative estimate of drug-likeness (QED) is 0.634. The van der Waals surface area contributed by atoms with Gasteiger partial charge >= 0.3 is 5.69 Å². The van der Waals surface area contributed by atoms with Gasteiger partial charge in [0, 0.05) is 39.6 Å². The first kappa shape index (κ1) is 12.1. The molecule has 6 heteroatoms. The second-order valence-corrected chi connectivity index (χ2v) is 4.32. The summed E-state index contributed by atoms with van der Waals surface area (Å²) in [7, 11) is 0. The van der Waals surface area contributed by atoms with Crippen LogP contribution in [0, 0.1) is 24.0 Å². The van der Waals surface area contributed by atoms with Crippen molar-refractivity contribution in [2.75, 3.05) is 26.2 Å². The van der Waals surface area contributed by atoms with E-state index < -0.39 is 0 Å². The van der Waals surface area contributed by atoms with Gasteiger partial charge < -0.3 is 9.73 Å². The van der Waals surface area contributed by atoms with Gasteiger partial charge in [-0.2, -0.15) is 0 Å². The molecule has 0 amide bonds. The molecule has 17 heavy (non-hydrogen) atoms. The van der Waals surface area contributed by atoms with Gasteiger partial charge in [0.2, 0.25) is 0 Å². The molecule has 1 aromatic heterocycles. The van der Waals surface area contributed by atoms with E-state index in [1.807, 2.05) is 0 Å². The van der Waals surface area contributed by atoms with Crippen molar-refractivity contribution in [3.63, 3.8) is 0 Å². The van der Waals surface area contributed by atoms with Crippen LogP contribution in [0.25, 0.3) is 0 Å². The van der Waals surface area contributed by atoms with Crippen LogP contribution in [0.1, 0.15) is 17.1 Å². The molecule has 1 N–H and O–H groups in total. The molecule has 0 unspecified atom stereocenters. The molecule has 0 atom stereocenters. The van der Waals surface area contributed by atoms with Crippen molar-refractivity contribution in [3.05, 3.63) is 27.2 Å². The molecule has 1 aliphatic heterocycles. The lowest BCUT2D eigenvalue weighted by Crippen LogP contribution is -2.43. The molecule has 94 valence electrons. The van der Waals surface area contributed by atoms with E-state index in [2.05, 4.69) is 10.2 Å². The van der Waals surface area contributed by atoms with Crippen LogP contribution in [0.15, 0.2) is 4.42 Å². The minimum absolute atomic E-state index is 0.140. The van der Waals surface area contributed by atoms with Gasteiger partial charge in [0.15, 0.2) is 5.76 Å². The van der Waals surface area contributed by atoms with Crippen LogP contribution in [-0.2, 0) is 6.54 Å². The molecule has 0 bridgehead atoms. The Hall–Kier alpha value is -1.40. The third-order valence-corrected chi connectivity index (χ3v) is 3.12. The number of piperazine rings is 1. The van der Waals surface area contributed by atoms with Gasteiger partial charge in [-0.1, -0.05) is 0 Å². The third kappa shape index (κ3) is 2.48. The highest BCUT2D eigenvalue weighted by Crippen LogP contribution is 2.30. The molecule has 0 radical (unpaired) electrons. The predicted octanol–water partition coefficient (Wildman–Crippen LogP) is 1.21. The number of aryl methyl sites for hydroxylation is 2. The summed E-state index contributed by atoms with van der Waals surface area (Å²) >= 11 is 0. The lowest BCUT2D eigenvalue weighted by molar-refractivity contribution is -0.386. The summed E-state index contributed by atoms with van der Waals surface area (Å²) in [5.74, 6) is 1.06. The van der Waals surface area contributed by atoms with E-state index >= 15 is 0 Å². The molecular formula is C11H17N3O3. The summed E-state index contributed by atoms with van der Waals surface area (Å²) < 4.78 is 5.36. The fourth-order valence-corrected chi connectivity index (χ4v) is 2.24. The maximum absolute atomic E-state index is 11.0. The van der Waals surface area contributed by atoms with Crippen molar-refractivity contribution in [2.45, 2.75) is 20.4 Å². The topological polar surface area (TPSA) is 71.5 Å². The van der Waals surface area contributed by atoms with E-state index in [4.69, 9.17) is 4.42 Å². The van der Waals surface area contributed by atoms with E-state index in [0.717, 1.165) is 31.7 Å². The minimum Gasteiger partial charge on any atom is -0.459 e. The van der Waals surface area contributed by atoms with Crippen molar-refractivity contribution in [3.8, 4) is 0 Å². The van der Waals surface area contributed by atoms with Gasteiger partial charge in [-0.05, 0) is 6.92 Å². The lowest BCUT2D eigenvalue weighted by atomic mass is 10.2. The van der Waals surface area contributed by atoms with Gasteiger partial charge in [-0.25, -0.2) is 0 Å². The van der Waals surface area contributed by atoms with Crippen LogP contribution in [0.3, 0.4) is 0 Å². The second-order valence-electron chi connectivity index (χ2n) is 4.32. The Bertz CT molecular complexity index is 422. The molecule has 2 heterocycles. The van der Waals surface area contributed by atoms with Crippen LogP contribution in [0.2, 0.25) is 0 Å². The summed E-state index contributed by atoms with van der Waals surface area (Å²) in [6.45, 7) is 7.74. The highest BCUT2D eigenvalue weighted by Gasteiger charge is 2.26. The molecule has 1 aromatic rings. The first-order valence-electron chi connectivity index (χ1n) is 5.76. The SMILES string of the molecule is Cc1oc(C)c([N+](=O)[O-])c1CN1CCNCC1. The first-order valence-corrected chi connectivity index (χ1v) is 5.76. The maximum atomic E-state index is 11.0. The highest BCUT2D eigenvalue weighted by atomic mass is 16.6. The van der Waals surface area contributed by atoms with E-state index in [9.17, 15) is 10.1 Å². The van der Waals surface area contributed by atoms with Gasteiger partial charge in [0.1, 0.15) is 5.76 Å². The Kier molecular flexibility index (Phi) is 3.44. The van der Waals surface area contributed by atoms with Crippen LogP contribution >= 0.6 is 0 Å². The van der Waals surface area contributed by atoms with Crippen molar-refractivity contribution >= 4 is 5.69 Å². The largest absolute Gasteiger partial charge is 0.459 e. The number of furan rings is 1. The molecule has 1 aliphatic rings. The Labute approximate surface area is 99.7 Å². The number of hydrogen-bond acceptors (Lipinski definition) is 5. The summed E-state index contributed by atoms with van der Waals surface area (Å²) in [5.41, 5.74) is 0.857. The van der Waals surface area contributed by atoms with Crippen molar-refractivity contribution in [1.82, 2.24) is 10.2 Å². The number of nitro groups is 1. The number of rotatable bonds is 3. The van der Waals surface area contributed by atoms with Crippen LogP contribution < -0.4 is 5.32 Å². The number of hydrogen-bond donors (Lipinski definition) is 1. The molecule has 6 nitrogen and oxygen atoms in total. The molecule has 1 fully saturated rings. The van der Waals surface area contributed by atoms with E-state index in [1.54, 1.807) is 13.8 Å². The summed E-state index contributed by atoms with van der Waals surface area (Å²) in [6.07, 6.45) is 0. The molecular weight excluding hydrogens is 222 g/mol. The monoisotopic (exact) mass is 239 g/mol. The van der Waals surface area contributed by atoms with Crippen molar-refractivity contribution in [2.24, 2.45) is 0 Å². The average molecular weight is 239 g/mol. The Morgan fingerprint density at radius 1 is 1.35 bits per heavy atom. The molecule has 0 spiro atoms. The molecule has 1 saturated heterocycles. The molecule has 0 saturated carbocycles.